The molecule has 3 aromatic rings. The molecular weight excluding hydrogens is 310 g/mol. The third kappa shape index (κ3) is 5.01. The van der Waals surface area contributed by atoms with Crippen LogP contribution in [0.2, 0.25) is 0 Å². The Labute approximate surface area is 149 Å². The minimum Gasteiger partial charge on any atom is -0.489 e. The molecule has 3 heteroatoms. The molecule has 25 heavy (non-hydrogen) atoms. The molecular formula is C22H23NO2. The average Bonchev–Trinajstić information content (AvgIpc) is 2.64. The molecule has 0 amide bonds. The first-order valence-corrected chi connectivity index (χ1v) is 8.50. The van der Waals surface area contributed by atoms with E-state index in [0.717, 1.165) is 35.0 Å². The highest BCUT2D eigenvalue weighted by Gasteiger charge is 2.06. The summed E-state index contributed by atoms with van der Waals surface area (Å²) in [5.41, 5.74) is 2.19. The van der Waals surface area contributed by atoms with Gasteiger partial charge in [0, 0.05) is 5.69 Å². The van der Waals surface area contributed by atoms with E-state index in [-0.39, 0.29) is 6.10 Å². The van der Waals surface area contributed by atoms with Gasteiger partial charge in [-0.1, -0.05) is 36.4 Å². The zero-order valence-corrected chi connectivity index (χ0v) is 14.6. The van der Waals surface area contributed by atoms with Gasteiger partial charge in [-0.15, -0.1) is 0 Å². The Bertz CT molecular complexity index is 785. The first kappa shape index (κ1) is 16.9. The van der Waals surface area contributed by atoms with Gasteiger partial charge in [-0.25, -0.2) is 0 Å². The van der Waals surface area contributed by atoms with Gasteiger partial charge < -0.3 is 14.8 Å². The van der Waals surface area contributed by atoms with Crippen molar-refractivity contribution in [1.29, 1.82) is 0 Å². The predicted molar refractivity (Wildman–Crippen MR) is 103 cm³/mol. The van der Waals surface area contributed by atoms with Crippen molar-refractivity contribution in [3.05, 3.63) is 84.4 Å². The van der Waals surface area contributed by atoms with Crippen LogP contribution in [0.3, 0.4) is 0 Å². The van der Waals surface area contributed by atoms with Crippen LogP contribution in [0.1, 0.15) is 12.5 Å². The van der Waals surface area contributed by atoms with Gasteiger partial charge in [-0.2, -0.15) is 0 Å². The molecule has 0 bridgehead atoms. The lowest BCUT2D eigenvalue weighted by molar-refractivity contribution is 0.233. The van der Waals surface area contributed by atoms with Crippen molar-refractivity contribution < 1.29 is 9.47 Å². The quantitative estimate of drug-likeness (QED) is 0.604. The monoisotopic (exact) mass is 333 g/mol. The van der Waals surface area contributed by atoms with E-state index in [0.29, 0.717) is 0 Å². The first-order chi connectivity index (χ1) is 12.2. The third-order valence-corrected chi connectivity index (χ3v) is 3.85. The van der Waals surface area contributed by atoms with E-state index in [9.17, 15) is 0 Å². The fourth-order valence-electron chi connectivity index (χ4n) is 2.47. The van der Waals surface area contributed by atoms with Crippen molar-refractivity contribution in [2.45, 2.75) is 20.0 Å². The Morgan fingerprint density at radius 3 is 2.16 bits per heavy atom. The van der Waals surface area contributed by atoms with Crippen LogP contribution in [-0.2, 0) is 0 Å². The molecule has 0 aromatic heterocycles. The van der Waals surface area contributed by atoms with Crippen LogP contribution in [0.5, 0.6) is 17.2 Å². The molecule has 1 unspecified atom stereocenters. The first-order valence-electron chi connectivity index (χ1n) is 8.50. The Hall–Kier alpha value is -2.94. The summed E-state index contributed by atoms with van der Waals surface area (Å²) >= 11 is 0. The van der Waals surface area contributed by atoms with Crippen molar-refractivity contribution in [3.8, 4) is 17.2 Å². The van der Waals surface area contributed by atoms with E-state index in [1.165, 1.54) is 0 Å². The maximum absolute atomic E-state index is 5.98. The topological polar surface area (TPSA) is 30.5 Å². The molecule has 3 nitrogen and oxygen atoms in total. The molecule has 0 aliphatic rings. The van der Waals surface area contributed by atoms with Crippen LogP contribution >= 0.6 is 0 Å². The summed E-state index contributed by atoms with van der Waals surface area (Å²) in [5.74, 6) is 2.59. The van der Waals surface area contributed by atoms with Crippen LogP contribution in [0.4, 0.5) is 5.69 Å². The van der Waals surface area contributed by atoms with Gasteiger partial charge in [-0.3, -0.25) is 0 Å². The second kappa shape index (κ2) is 8.25. The van der Waals surface area contributed by atoms with Gasteiger partial charge in [0.15, 0.2) is 0 Å². The van der Waals surface area contributed by atoms with E-state index in [1.807, 2.05) is 72.8 Å². The molecule has 0 aliphatic carbocycles. The summed E-state index contributed by atoms with van der Waals surface area (Å²) in [6.07, 6.45) is 0.0707. The number of nitrogens with one attached hydrogen (secondary N) is 1. The largest absolute Gasteiger partial charge is 0.489 e. The number of hydrogen-bond acceptors (Lipinski definition) is 3. The maximum atomic E-state index is 5.98. The van der Waals surface area contributed by atoms with E-state index in [1.54, 1.807) is 0 Å². The summed E-state index contributed by atoms with van der Waals surface area (Å²) in [7, 11) is 0. The molecule has 3 rings (SSSR count). The highest BCUT2D eigenvalue weighted by molar-refractivity contribution is 5.47. The lowest BCUT2D eigenvalue weighted by atomic mass is 10.2. The second-order valence-electron chi connectivity index (χ2n) is 6.01. The maximum Gasteiger partial charge on any atom is 0.127 e. The molecule has 0 radical (unpaired) electrons. The van der Waals surface area contributed by atoms with Gasteiger partial charge in [-0.05, 0) is 61.9 Å². The van der Waals surface area contributed by atoms with E-state index < -0.39 is 0 Å². The Morgan fingerprint density at radius 2 is 1.44 bits per heavy atom. The molecule has 0 fully saturated rings. The van der Waals surface area contributed by atoms with Crippen molar-refractivity contribution in [1.82, 2.24) is 0 Å². The molecule has 0 heterocycles. The van der Waals surface area contributed by atoms with Crippen molar-refractivity contribution in [2.75, 3.05) is 11.9 Å². The molecule has 0 aliphatic heterocycles. The molecule has 0 saturated heterocycles. The van der Waals surface area contributed by atoms with Gasteiger partial charge in [0.2, 0.25) is 0 Å². The summed E-state index contributed by atoms with van der Waals surface area (Å²) in [6.45, 7) is 4.85. The predicted octanol–water partition coefficient (Wildman–Crippen LogP) is 5.67. The van der Waals surface area contributed by atoms with Crippen LogP contribution in [-0.4, -0.2) is 12.6 Å². The van der Waals surface area contributed by atoms with Crippen LogP contribution in [0.15, 0.2) is 78.9 Å². The number of anilines is 1. The summed E-state index contributed by atoms with van der Waals surface area (Å²) in [6, 6.07) is 25.8. The second-order valence-corrected chi connectivity index (χ2v) is 6.01. The lowest BCUT2D eigenvalue weighted by Crippen LogP contribution is -2.22. The minimum atomic E-state index is 0.0707. The van der Waals surface area contributed by atoms with E-state index in [4.69, 9.17) is 9.47 Å². The molecule has 128 valence electrons. The average molecular weight is 333 g/mol. The highest BCUT2D eigenvalue weighted by Crippen LogP contribution is 2.23. The normalized spacial score (nSPS) is 11.6. The number of benzene rings is 3. The SMILES string of the molecule is Cc1ccccc1OC(C)CNc1ccc(Oc2ccccc2)cc1. The number of aryl methyl sites for hydroxylation is 1. The van der Waals surface area contributed by atoms with Crippen molar-refractivity contribution in [2.24, 2.45) is 0 Å². The van der Waals surface area contributed by atoms with Gasteiger partial charge in [0.1, 0.15) is 23.4 Å². The van der Waals surface area contributed by atoms with Crippen LogP contribution in [0, 0.1) is 6.92 Å². The molecule has 1 N–H and O–H groups in total. The Morgan fingerprint density at radius 1 is 0.800 bits per heavy atom. The van der Waals surface area contributed by atoms with Crippen LogP contribution < -0.4 is 14.8 Å². The summed E-state index contributed by atoms with van der Waals surface area (Å²) < 4.78 is 11.8. The molecule has 1 atom stereocenters. The van der Waals surface area contributed by atoms with Crippen molar-refractivity contribution >= 4 is 5.69 Å². The zero-order chi connectivity index (χ0) is 17.5. The fraction of sp³-hybridized carbons (Fsp3) is 0.182. The standard InChI is InChI=1S/C22H23NO2/c1-17-8-6-7-11-22(17)24-18(2)16-23-19-12-14-21(15-13-19)25-20-9-4-3-5-10-20/h3-15,18,23H,16H2,1-2H3. The highest BCUT2D eigenvalue weighted by atomic mass is 16.5. The molecule has 0 saturated carbocycles. The number of para-hydroxylation sites is 2. The summed E-state index contributed by atoms with van der Waals surface area (Å²) in [4.78, 5) is 0. The van der Waals surface area contributed by atoms with Gasteiger partial charge in [0.25, 0.3) is 0 Å². The lowest BCUT2D eigenvalue weighted by Gasteiger charge is -2.17. The minimum absolute atomic E-state index is 0.0707. The Balaban J connectivity index is 1.51. The molecule has 0 spiro atoms. The zero-order valence-electron chi connectivity index (χ0n) is 14.6. The number of rotatable bonds is 7. The van der Waals surface area contributed by atoms with Crippen molar-refractivity contribution in [3.63, 3.8) is 0 Å². The van der Waals surface area contributed by atoms with E-state index >= 15 is 0 Å². The summed E-state index contributed by atoms with van der Waals surface area (Å²) in [5, 5.41) is 3.39. The van der Waals surface area contributed by atoms with Gasteiger partial charge in [0.05, 0.1) is 6.54 Å². The smallest absolute Gasteiger partial charge is 0.127 e. The fourth-order valence-corrected chi connectivity index (χ4v) is 2.47. The van der Waals surface area contributed by atoms with E-state index in [2.05, 4.69) is 25.2 Å². The third-order valence-electron chi connectivity index (χ3n) is 3.85. The number of ether oxygens (including phenoxy) is 2. The van der Waals surface area contributed by atoms with Crippen LogP contribution in [0.25, 0.3) is 0 Å². The molecule has 3 aromatic carbocycles. The van der Waals surface area contributed by atoms with Gasteiger partial charge >= 0.3 is 0 Å². The number of hydrogen-bond donors (Lipinski definition) is 1. The Kier molecular flexibility index (Phi) is 5.57.